The van der Waals surface area contributed by atoms with E-state index in [-0.39, 0.29) is 0 Å². The normalized spacial score (nSPS) is 28.3. The number of hydrogen-bond donors (Lipinski definition) is 1. The Bertz CT molecular complexity index is 352. The van der Waals surface area contributed by atoms with Crippen molar-refractivity contribution in [1.29, 1.82) is 5.26 Å². The number of aliphatic hydroxyl groups is 1. The van der Waals surface area contributed by atoms with Gasteiger partial charge in [-0.05, 0) is 12.8 Å². The summed E-state index contributed by atoms with van der Waals surface area (Å²) in [6.45, 7) is 0.988. The van der Waals surface area contributed by atoms with E-state index in [1.165, 1.54) is 11.3 Å². The van der Waals surface area contributed by atoms with E-state index in [1.807, 2.05) is 0 Å². The highest BCUT2D eigenvalue weighted by molar-refractivity contribution is 7.09. The molecule has 1 fully saturated rings. The van der Waals surface area contributed by atoms with Crippen LogP contribution in [0.15, 0.2) is 11.7 Å². The molecule has 0 amide bonds. The number of ether oxygens (including phenoxy) is 1. The van der Waals surface area contributed by atoms with Gasteiger partial charge in [-0.3, -0.25) is 4.98 Å². The maximum atomic E-state index is 10.2. The van der Waals surface area contributed by atoms with E-state index in [0.717, 1.165) is 11.3 Å². The summed E-state index contributed by atoms with van der Waals surface area (Å²) in [5.41, 5.74) is 0.873. The smallest absolute Gasteiger partial charge is 0.111 e. The second-order valence-electron chi connectivity index (χ2n) is 3.73. The van der Waals surface area contributed by atoms with Gasteiger partial charge in [-0.1, -0.05) is 0 Å². The average molecular weight is 224 g/mol. The fourth-order valence-corrected chi connectivity index (χ4v) is 2.53. The van der Waals surface area contributed by atoms with Gasteiger partial charge in [0.1, 0.15) is 11.5 Å². The lowest BCUT2D eigenvalue weighted by Crippen LogP contribution is -2.36. The summed E-state index contributed by atoms with van der Waals surface area (Å²) in [5.74, 6) is 0. The fraction of sp³-hybridized carbons (Fsp3) is 0.600. The van der Waals surface area contributed by atoms with Gasteiger partial charge in [0.15, 0.2) is 0 Å². The minimum absolute atomic E-state index is 0.308. The van der Waals surface area contributed by atoms with Gasteiger partial charge in [-0.2, -0.15) is 5.26 Å². The van der Waals surface area contributed by atoms with E-state index in [2.05, 4.69) is 11.1 Å². The number of thiazole rings is 1. The predicted molar refractivity (Wildman–Crippen MR) is 55.2 cm³/mol. The highest BCUT2D eigenvalue weighted by atomic mass is 32.1. The lowest BCUT2D eigenvalue weighted by molar-refractivity contribution is -0.0493. The maximum Gasteiger partial charge on any atom is 0.111 e. The summed E-state index contributed by atoms with van der Waals surface area (Å²) in [6.07, 6.45) is 2.34. The monoisotopic (exact) mass is 224 g/mol. The average Bonchev–Trinajstić information content (AvgIpc) is 2.82. The molecule has 1 aromatic heterocycles. The van der Waals surface area contributed by atoms with Gasteiger partial charge in [0.2, 0.25) is 0 Å². The first-order chi connectivity index (χ1) is 7.28. The topological polar surface area (TPSA) is 66.1 Å². The van der Waals surface area contributed by atoms with Gasteiger partial charge in [-0.15, -0.1) is 11.3 Å². The maximum absolute atomic E-state index is 10.2. The zero-order valence-electron chi connectivity index (χ0n) is 8.22. The molecule has 0 radical (unpaired) electrons. The van der Waals surface area contributed by atoms with Crippen molar-refractivity contribution in [2.75, 3.05) is 13.2 Å². The third-order valence-electron chi connectivity index (χ3n) is 2.74. The molecule has 0 spiro atoms. The Balaban J connectivity index is 2.23. The van der Waals surface area contributed by atoms with Crippen molar-refractivity contribution in [3.63, 3.8) is 0 Å². The summed E-state index contributed by atoms with van der Waals surface area (Å²) in [5, 5.41) is 19.4. The minimum Gasteiger partial charge on any atom is -0.386 e. The van der Waals surface area contributed by atoms with Crippen molar-refractivity contribution >= 4 is 11.3 Å². The molecule has 80 valence electrons. The van der Waals surface area contributed by atoms with Crippen LogP contribution in [0.1, 0.15) is 23.8 Å². The molecule has 0 aliphatic carbocycles. The molecule has 1 saturated heterocycles. The lowest BCUT2D eigenvalue weighted by atomic mass is 9.78. The highest BCUT2D eigenvalue weighted by Gasteiger charge is 2.41. The van der Waals surface area contributed by atoms with Crippen LogP contribution in [0.25, 0.3) is 0 Å². The van der Waals surface area contributed by atoms with Crippen LogP contribution in [-0.2, 0) is 4.74 Å². The number of rotatable bonds is 2. The van der Waals surface area contributed by atoms with Gasteiger partial charge >= 0.3 is 0 Å². The molecule has 15 heavy (non-hydrogen) atoms. The number of nitriles is 1. The molecule has 0 bridgehead atoms. The SMILES string of the molecule is N#CC1(C(O)c2cncs2)CCCOC1. The Morgan fingerprint density at radius 1 is 1.73 bits per heavy atom. The first kappa shape index (κ1) is 10.6. The Kier molecular flexibility index (Phi) is 3.00. The lowest BCUT2D eigenvalue weighted by Gasteiger charge is -2.33. The summed E-state index contributed by atoms with van der Waals surface area (Å²) < 4.78 is 5.30. The van der Waals surface area contributed by atoms with E-state index in [1.54, 1.807) is 11.7 Å². The second kappa shape index (κ2) is 4.27. The quantitative estimate of drug-likeness (QED) is 0.826. The zero-order valence-corrected chi connectivity index (χ0v) is 9.04. The third kappa shape index (κ3) is 1.88. The van der Waals surface area contributed by atoms with Crippen LogP contribution in [-0.4, -0.2) is 23.3 Å². The van der Waals surface area contributed by atoms with Crippen LogP contribution in [0, 0.1) is 16.7 Å². The van der Waals surface area contributed by atoms with Crippen LogP contribution in [0.3, 0.4) is 0 Å². The van der Waals surface area contributed by atoms with Crippen molar-refractivity contribution in [2.24, 2.45) is 5.41 Å². The van der Waals surface area contributed by atoms with Gasteiger partial charge < -0.3 is 9.84 Å². The van der Waals surface area contributed by atoms with Gasteiger partial charge in [0.05, 0.1) is 23.1 Å². The third-order valence-corrected chi connectivity index (χ3v) is 3.57. The largest absolute Gasteiger partial charge is 0.386 e. The van der Waals surface area contributed by atoms with Crippen molar-refractivity contribution in [1.82, 2.24) is 4.98 Å². The molecule has 2 heterocycles. The number of aliphatic hydroxyl groups excluding tert-OH is 1. The van der Waals surface area contributed by atoms with Crippen LogP contribution < -0.4 is 0 Å². The minimum atomic E-state index is -0.787. The fourth-order valence-electron chi connectivity index (χ4n) is 1.81. The molecule has 1 aliphatic heterocycles. The summed E-state index contributed by atoms with van der Waals surface area (Å²) in [7, 11) is 0. The molecule has 0 saturated carbocycles. The van der Waals surface area contributed by atoms with Crippen molar-refractivity contribution in [3.8, 4) is 6.07 Å². The molecule has 2 rings (SSSR count). The Morgan fingerprint density at radius 2 is 2.60 bits per heavy atom. The molecular weight excluding hydrogens is 212 g/mol. The first-order valence-electron chi connectivity index (χ1n) is 4.84. The second-order valence-corrected chi connectivity index (χ2v) is 4.65. The molecule has 5 heteroatoms. The number of nitrogens with zero attached hydrogens (tertiary/aromatic N) is 2. The summed E-state index contributed by atoms with van der Waals surface area (Å²) in [6, 6.07) is 2.21. The highest BCUT2D eigenvalue weighted by Crippen LogP contribution is 2.41. The van der Waals surface area contributed by atoms with E-state index in [9.17, 15) is 10.4 Å². The van der Waals surface area contributed by atoms with Crippen molar-refractivity contribution < 1.29 is 9.84 Å². The number of hydrogen-bond acceptors (Lipinski definition) is 5. The molecule has 2 unspecified atom stereocenters. The molecule has 4 nitrogen and oxygen atoms in total. The van der Waals surface area contributed by atoms with E-state index < -0.39 is 11.5 Å². The molecule has 0 aromatic carbocycles. The van der Waals surface area contributed by atoms with Crippen molar-refractivity contribution in [2.45, 2.75) is 18.9 Å². The van der Waals surface area contributed by atoms with Crippen LogP contribution in [0.4, 0.5) is 0 Å². The van der Waals surface area contributed by atoms with Crippen LogP contribution in [0.5, 0.6) is 0 Å². The van der Waals surface area contributed by atoms with Crippen molar-refractivity contribution in [3.05, 3.63) is 16.6 Å². The predicted octanol–water partition coefficient (Wildman–Crippen LogP) is 1.50. The van der Waals surface area contributed by atoms with Crippen LogP contribution in [0.2, 0.25) is 0 Å². The zero-order chi connectivity index (χ0) is 10.7. The first-order valence-corrected chi connectivity index (χ1v) is 5.72. The standard InChI is InChI=1S/C10H12N2O2S/c11-5-10(2-1-3-14-6-10)9(13)8-4-12-7-15-8/h4,7,9,13H,1-3,6H2. The molecule has 1 N–H and O–H groups in total. The van der Waals surface area contributed by atoms with Gasteiger partial charge in [-0.25, -0.2) is 0 Å². The summed E-state index contributed by atoms with van der Waals surface area (Å²) in [4.78, 5) is 4.65. The Hall–Kier alpha value is -0.960. The number of aromatic nitrogens is 1. The van der Waals surface area contributed by atoms with Crippen LogP contribution >= 0.6 is 11.3 Å². The molecular formula is C10H12N2O2S. The van der Waals surface area contributed by atoms with Gasteiger partial charge in [0.25, 0.3) is 0 Å². The Morgan fingerprint density at radius 3 is 3.13 bits per heavy atom. The van der Waals surface area contributed by atoms with E-state index >= 15 is 0 Å². The van der Waals surface area contributed by atoms with Gasteiger partial charge in [0, 0.05) is 12.8 Å². The summed E-state index contributed by atoms with van der Waals surface area (Å²) >= 11 is 1.37. The van der Waals surface area contributed by atoms with E-state index in [0.29, 0.717) is 19.6 Å². The van der Waals surface area contributed by atoms with E-state index in [4.69, 9.17) is 4.74 Å². The molecule has 1 aliphatic rings. The molecule has 1 aromatic rings. The Labute approximate surface area is 92.1 Å². The molecule has 2 atom stereocenters.